The number of hydrogen-bond donors (Lipinski definition) is 2. The van der Waals surface area contributed by atoms with Crippen LogP contribution < -0.4 is 5.32 Å². The number of aryl methyl sites for hydroxylation is 1. The summed E-state index contributed by atoms with van der Waals surface area (Å²) in [5.41, 5.74) is 2.67. The Balaban J connectivity index is 2.29. The van der Waals surface area contributed by atoms with E-state index >= 15 is 0 Å². The molecule has 0 amide bonds. The lowest BCUT2D eigenvalue weighted by Crippen LogP contribution is -2.23. The summed E-state index contributed by atoms with van der Waals surface area (Å²) in [5.74, 6) is 0. The maximum Gasteiger partial charge on any atom is 0.0636 e. The van der Waals surface area contributed by atoms with E-state index in [0.717, 1.165) is 6.54 Å². The summed E-state index contributed by atoms with van der Waals surface area (Å²) in [4.78, 5) is 0. The second-order valence-corrected chi connectivity index (χ2v) is 3.80. The van der Waals surface area contributed by atoms with Crippen LogP contribution in [-0.4, -0.2) is 17.8 Å². The van der Waals surface area contributed by atoms with Crippen molar-refractivity contribution in [1.29, 1.82) is 0 Å². The van der Waals surface area contributed by atoms with Crippen molar-refractivity contribution in [1.82, 2.24) is 5.32 Å². The first-order chi connectivity index (χ1) is 5.70. The fourth-order valence-electron chi connectivity index (χ4n) is 0.984. The zero-order valence-corrected chi connectivity index (χ0v) is 8.32. The summed E-state index contributed by atoms with van der Waals surface area (Å²) < 4.78 is 0. The summed E-state index contributed by atoms with van der Waals surface area (Å²) in [7, 11) is 0. The van der Waals surface area contributed by atoms with Crippen molar-refractivity contribution < 1.29 is 5.11 Å². The molecule has 1 aromatic rings. The van der Waals surface area contributed by atoms with Gasteiger partial charge in [0, 0.05) is 13.1 Å². The van der Waals surface area contributed by atoms with Gasteiger partial charge < -0.3 is 10.4 Å². The lowest BCUT2D eigenvalue weighted by atomic mass is 10.2. The van der Waals surface area contributed by atoms with Crippen molar-refractivity contribution in [3.05, 3.63) is 21.9 Å². The lowest BCUT2D eigenvalue weighted by Gasteiger charge is -2.05. The molecule has 2 N–H and O–H groups in total. The molecule has 0 aliphatic heterocycles. The van der Waals surface area contributed by atoms with E-state index in [2.05, 4.69) is 23.0 Å². The topological polar surface area (TPSA) is 32.3 Å². The van der Waals surface area contributed by atoms with Gasteiger partial charge in [0.15, 0.2) is 0 Å². The molecule has 1 atom stereocenters. The molecule has 0 fully saturated rings. The second-order valence-electron chi connectivity index (χ2n) is 3.06. The molecule has 0 unspecified atom stereocenters. The Bertz CT molecular complexity index is 232. The number of thiophene rings is 1. The first-order valence-electron chi connectivity index (χ1n) is 4.10. The second kappa shape index (κ2) is 4.60. The third kappa shape index (κ3) is 2.93. The molecule has 0 aromatic carbocycles. The average molecular weight is 185 g/mol. The van der Waals surface area contributed by atoms with Gasteiger partial charge in [-0.1, -0.05) is 0 Å². The van der Waals surface area contributed by atoms with Crippen molar-refractivity contribution in [2.45, 2.75) is 26.5 Å². The number of rotatable bonds is 4. The van der Waals surface area contributed by atoms with Crippen LogP contribution in [0.1, 0.15) is 18.1 Å². The standard InChI is InChI=1S/C9H15NOS/c1-7-5-12-6-9(7)4-10-3-8(2)11/h5-6,8,10-11H,3-4H2,1-2H3/t8-/m1/s1. The zero-order chi connectivity index (χ0) is 8.97. The van der Waals surface area contributed by atoms with E-state index in [1.165, 1.54) is 11.1 Å². The maximum absolute atomic E-state index is 8.99. The Labute approximate surface area is 77.2 Å². The van der Waals surface area contributed by atoms with E-state index in [4.69, 9.17) is 5.11 Å². The quantitative estimate of drug-likeness (QED) is 0.745. The van der Waals surface area contributed by atoms with Gasteiger partial charge in [-0.3, -0.25) is 0 Å². The smallest absolute Gasteiger partial charge is 0.0636 e. The molecule has 0 spiro atoms. The SMILES string of the molecule is Cc1cscc1CNC[C@@H](C)O. The van der Waals surface area contributed by atoms with Crippen LogP contribution in [0.5, 0.6) is 0 Å². The monoisotopic (exact) mass is 185 g/mol. The highest BCUT2D eigenvalue weighted by Crippen LogP contribution is 2.12. The van der Waals surface area contributed by atoms with E-state index < -0.39 is 0 Å². The zero-order valence-electron chi connectivity index (χ0n) is 7.50. The van der Waals surface area contributed by atoms with Crippen LogP contribution in [0.2, 0.25) is 0 Å². The van der Waals surface area contributed by atoms with Gasteiger partial charge >= 0.3 is 0 Å². The van der Waals surface area contributed by atoms with E-state index in [-0.39, 0.29) is 6.10 Å². The van der Waals surface area contributed by atoms with Gasteiger partial charge in [0.25, 0.3) is 0 Å². The number of aliphatic hydroxyl groups is 1. The normalized spacial score (nSPS) is 13.2. The molecule has 0 radical (unpaired) electrons. The fourth-order valence-corrected chi connectivity index (χ4v) is 1.84. The predicted octanol–water partition coefficient (Wildman–Crippen LogP) is 1.53. The minimum absolute atomic E-state index is 0.260. The fraction of sp³-hybridized carbons (Fsp3) is 0.556. The molecule has 1 heterocycles. The highest BCUT2D eigenvalue weighted by atomic mass is 32.1. The lowest BCUT2D eigenvalue weighted by molar-refractivity contribution is 0.191. The number of aliphatic hydroxyl groups excluding tert-OH is 1. The molecule has 68 valence electrons. The van der Waals surface area contributed by atoms with Crippen LogP contribution >= 0.6 is 11.3 Å². The first kappa shape index (κ1) is 9.71. The first-order valence-corrected chi connectivity index (χ1v) is 5.05. The Morgan fingerprint density at radius 3 is 2.83 bits per heavy atom. The van der Waals surface area contributed by atoms with E-state index in [1.807, 2.05) is 0 Å². The van der Waals surface area contributed by atoms with Crippen LogP contribution in [0.25, 0.3) is 0 Å². The summed E-state index contributed by atoms with van der Waals surface area (Å²) in [5, 5.41) is 16.5. The largest absolute Gasteiger partial charge is 0.392 e. The summed E-state index contributed by atoms with van der Waals surface area (Å²) in [6, 6.07) is 0. The molecule has 0 saturated heterocycles. The van der Waals surface area contributed by atoms with E-state index in [0.29, 0.717) is 6.54 Å². The maximum atomic E-state index is 8.99. The Morgan fingerprint density at radius 2 is 2.33 bits per heavy atom. The van der Waals surface area contributed by atoms with Crippen molar-refractivity contribution in [3.8, 4) is 0 Å². The molecule has 3 heteroatoms. The molecule has 1 rings (SSSR count). The molecular formula is C9H15NOS. The van der Waals surface area contributed by atoms with Gasteiger partial charge in [0.05, 0.1) is 6.10 Å². The van der Waals surface area contributed by atoms with Crippen LogP contribution in [-0.2, 0) is 6.54 Å². The van der Waals surface area contributed by atoms with Crippen molar-refractivity contribution >= 4 is 11.3 Å². The highest BCUT2D eigenvalue weighted by Gasteiger charge is 1.99. The van der Waals surface area contributed by atoms with Gasteiger partial charge in [-0.15, -0.1) is 0 Å². The third-order valence-electron chi connectivity index (χ3n) is 1.72. The average Bonchev–Trinajstić information content (AvgIpc) is 2.36. The minimum Gasteiger partial charge on any atom is -0.392 e. The van der Waals surface area contributed by atoms with Crippen LogP contribution in [0.4, 0.5) is 0 Å². The molecule has 12 heavy (non-hydrogen) atoms. The summed E-state index contributed by atoms with van der Waals surface area (Å²) >= 11 is 1.72. The Kier molecular flexibility index (Phi) is 3.72. The molecule has 2 nitrogen and oxygen atoms in total. The molecule has 0 bridgehead atoms. The van der Waals surface area contributed by atoms with Gasteiger partial charge in [-0.2, -0.15) is 11.3 Å². The summed E-state index contributed by atoms with van der Waals surface area (Å²) in [6.07, 6.45) is -0.260. The van der Waals surface area contributed by atoms with Crippen LogP contribution in [0.3, 0.4) is 0 Å². The minimum atomic E-state index is -0.260. The van der Waals surface area contributed by atoms with Crippen LogP contribution in [0, 0.1) is 6.92 Å². The van der Waals surface area contributed by atoms with Gasteiger partial charge in [-0.05, 0) is 35.7 Å². The molecule has 0 saturated carbocycles. The molecule has 0 aliphatic rings. The molecule has 1 aromatic heterocycles. The summed E-state index contributed by atoms with van der Waals surface area (Å²) in [6.45, 7) is 5.42. The van der Waals surface area contributed by atoms with Gasteiger partial charge in [0.2, 0.25) is 0 Å². The van der Waals surface area contributed by atoms with E-state index in [1.54, 1.807) is 18.3 Å². The predicted molar refractivity (Wildman–Crippen MR) is 52.4 cm³/mol. The number of nitrogens with one attached hydrogen (secondary N) is 1. The van der Waals surface area contributed by atoms with E-state index in [9.17, 15) is 0 Å². The highest BCUT2D eigenvalue weighted by molar-refractivity contribution is 7.08. The van der Waals surface area contributed by atoms with Gasteiger partial charge in [-0.25, -0.2) is 0 Å². The Morgan fingerprint density at radius 1 is 1.58 bits per heavy atom. The molecular weight excluding hydrogens is 170 g/mol. The molecule has 0 aliphatic carbocycles. The van der Waals surface area contributed by atoms with Gasteiger partial charge in [0.1, 0.15) is 0 Å². The van der Waals surface area contributed by atoms with Crippen molar-refractivity contribution in [2.75, 3.05) is 6.54 Å². The third-order valence-corrected chi connectivity index (χ3v) is 2.63. The van der Waals surface area contributed by atoms with Crippen molar-refractivity contribution in [3.63, 3.8) is 0 Å². The Hall–Kier alpha value is -0.380. The van der Waals surface area contributed by atoms with Crippen LogP contribution in [0.15, 0.2) is 10.8 Å². The number of hydrogen-bond acceptors (Lipinski definition) is 3. The van der Waals surface area contributed by atoms with Crippen molar-refractivity contribution in [2.24, 2.45) is 0 Å².